The van der Waals surface area contributed by atoms with E-state index in [0.29, 0.717) is 6.41 Å². The third kappa shape index (κ3) is 6.41. The normalized spacial score (nSPS) is 16.1. The standard InChI is InChI=1S/C30H36N2O6/c1-30(2,3)38-28(35)26(17-27(34)32(19-33)20-11-5-4-6-12-20)31-29(36)37-18-25-23-15-9-7-13-21(23)22-14-8-10-16-24(22)25/h7-10,13-16,19-20,25-26H,4-6,11-12,17-18H2,1-3H3,(H,31,36)/t26-/m0/s1. The molecule has 0 heterocycles. The van der Waals surface area contributed by atoms with Gasteiger partial charge in [0.25, 0.3) is 0 Å². The summed E-state index contributed by atoms with van der Waals surface area (Å²) in [5.74, 6) is -1.43. The van der Waals surface area contributed by atoms with Gasteiger partial charge in [0.2, 0.25) is 12.3 Å². The second-order valence-electron chi connectivity index (χ2n) is 11.0. The zero-order chi connectivity index (χ0) is 27.3. The second kappa shape index (κ2) is 11.8. The van der Waals surface area contributed by atoms with Gasteiger partial charge in [0.15, 0.2) is 0 Å². The summed E-state index contributed by atoms with van der Waals surface area (Å²) in [5, 5.41) is 2.52. The van der Waals surface area contributed by atoms with Gasteiger partial charge in [0, 0.05) is 12.0 Å². The van der Waals surface area contributed by atoms with Crippen LogP contribution in [0.1, 0.15) is 76.3 Å². The highest BCUT2D eigenvalue weighted by molar-refractivity contribution is 5.92. The number of fused-ring (bicyclic) bond motifs is 3. The van der Waals surface area contributed by atoms with Gasteiger partial charge in [-0.1, -0.05) is 67.8 Å². The molecule has 0 aromatic heterocycles. The second-order valence-corrected chi connectivity index (χ2v) is 11.0. The van der Waals surface area contributed by atoms with Crippen LogP contribution in [0, 0.1) is 0 Å². The van der Waals surface area contributed by atoms with Crippen molar-refractivity contribution in [1.82, 2.24) is 10.2 Å². The maximum absolute atomic E-state index is 13.1. The first-order valence-corrected chi connectivity index (χ1v) is 13.3. The van der Waals surface area contributed by atoms with Gasteiger partial charge in [0.1, 0.15) is 18.2 Å². The summed E-state index contributed by atoms with van der Waals surface area (Å²) in [5.41, 5.74) is 3.51. The zero-order valence-electron chi connectivity index (χ0n) is 22.3. The summed E-state index contributed by atoms with van der Waals surface area (Å²) in [6.45, 7) is 5.18. The molecule has 38 heavy (non-hydrogen) atoms. The number of nitrogens with zero attached hydrogens (tertiary/aromatic N) is 1. The highest BCUT2D eigenvalue weighted by Crippen LogP contribution is 2.44. The van der Waals surface area contributed by atoms with Crippen molar-refractivity contribution in [2.45, 2.75) is 82.9 Å². The number of rotatable bonds is 8. The van der Waals surface area contributed by atoms with Crippen molar-refractivity contribution < 1.29 is 28.7 Å². The van der Waals surface area contributed by atoms with Gasteiger partial charge in [0.05, 0.1) is 6.42 Å². The number of esters is 1. The Morgan fingerprint density at radius 3 is 2.11 bits per heavy atom. The molecule has 8 nitrogen and oxygen atoms in total. The van der Waals surface area contributed by atoms with E-state index in [1.807, 2.05) is 48.5 Å². The molecular formula is C30H36N2O6. The van der Waals surface area contributed by atoms with Crippen molar-refractivity contribution in [2.24, 2.45) is 0 Å². The van der Waals surface area contributed by atoms with E-state index in [2.05, 4.69) is 5.32 Å². The van der Waals surface area contributed by atoms with Crippen LogP contribution in [-0.4, -0.2) is 53.6 Å². The topological polar surface area (TPSA) is 102 Å². The van der Waals surface area contributed by atoms with E-state index < -0.39 is 36.0 Å². The lowest BCUT2D eigenvalue weighted by Gasteiger charge is -2.31. The van der Waals surface area contributed by atoms with Gasteiger partial charge >= 0.3 is 12.1 Å². The predicted octanol–water partition coefficient (Wildman–Crippen LogP) is 4.94. The minimum Gasteiger partial charge on any atom is -0.458 e. The summed E-state index contributed by atoms with van der Waals surface area (Å²) in [6, 6.07) is 14.5. The van der Waals surface area contributed by atoms with Gasteiger partial charge < -0.3 is 14.8 Å². The first-order chi connectivity index (χ1) is 18.2. The maximum Gasteiger partial charge on any atom is 0.407 e. The molecule has 0 unspecified atom stereocenters. The fraction of sp³-hybridized carbons (Fsp3) is 0.467. The number of hydrogen-bond acceptors (Lipinski definition) is 6. The molecule has 0 spiro atoms. The number of hydrogen-bond donors (Lipinski definition) is 1. The van der Waals surface area contributed by atoms with Crippen LogP contribution in [0.4, 0.5) is 4.79 Å². The molecule has 202 valence electrons. The van der Waals surface area contributed by atoms with Crippen LogP contribution in [0.5, 0.6) is 0 Å². The molecule has 2 aliphatic rings. The van der Waals surface area contributed by atoms with Crippen LogP contribution in [0.25, 0.3) is 11.1 Å². The molecule has 1 atom stereocenters. The number of amides is 3. The lowest BCUT2D eigenvalue weighted by Crippen LogP contribution is -2.49. The highest BCUT2D eigenvalue weighted by Gasteiger charge is 2.34. The number of benzene rings is 2. The van der Waals surface area contributed by atoms with Crippen molar-refractivity contribution in [3.63, 3.8) is 0 Å². The molecule has 0 aliphatic heterocycles. The molecule has 0 bridgehead atoms. The number of nitrogens with one attached hydrogen (secondary N) is 1. The van der Waals surface area contributed by atoms with Crippen LogP contribution in [0.15, 0.2) is 48.5 Å². The van der Waals surface area contributed by atoms with Crippen molar-refractivity contribution in [3.05, 3.63) is 59.7 Å². The minimum atomic E-state index is -1.29. The number of imide groups is 1. The van der Waals surface area contributed by atoms with Gasteiger partial charge in [-0.3, -0.25) is 14.5 Å². The Bertz CT molecular complexity index is 1140. The van der Waals surface area contributed by atoms with E-state index in [9.17, 15) is 19.2 Å². The number of carbonyl (C=O) groups excluding carboxylic acids is 4. The van der Waals surface area contributed by atoms with Crippen molar-refractivity contribution in [2.75, 3.05) is 6.61 Å². The fourth-order valence-corrected chi connectivity index (χ4v) is 5.34. The van der Waals surface area contributed by atoms with Crippen LogP contribution in [-0.2, 0) is 23.9 Å². The van der Waals surface area contributed by atoms with E-state index in [4.69, 9.17) is 9.47 Å². The van der Waals surface area contributed by atoms with Gasteiger partial charge in [-0.15, -0.1) is 0 Å². The van der Waals surface area contributed by atoms with Gasteiger partial charge in [-0.2, -0.15) is 0 Å². The Hall–Kier alpha value is -3.68. The molecule has 3 amide bonds. The van der Waals surface area contributed by atoms with Crippen LogP contribution < -0.4 is 5.32 Å². The van der Waals surface area contributed by atoms with Crippen molar-refractivity contribution in [3.8, 4) is 11.1 Å². The summed E-state index contributed by atoms with van der Waals surface area (Å²) in [4.78, 5) is 51.9. The quantitative estimate of drug-likeness (QED) is 0.391. The third-order valence-corrected chi connectivity index (χ3v) is 7.08. The highest BCUT2D eigenvalue weighted by atomic mass is 16.6. The molecule has 2 aromatic rings. The summed E-state index contributed by atoms with van der Waals surface area (Å²) in [6.07, 6.45) is 3.73. The summed E-state index contributed by atoms with van der Waals surface area (Å²) >= 11 is 0. The van der Waals surface area contributed by atoms with Crippen LogP contribution >= 0.6 is 0 Å². The Labute approximate surface area is 223 Å². The van der Waals surface area contributed by atoms with Crippen LogP contribution in [0.3, 0.4) is 0 Å². The van der Waals surface area contributed by atoms with E-state index in [-0.39, 0.29) is 18.6 Å². The average Bonchev–Trinajstić information content (AvgIpc) is 3.21. The van der Waals surface area contributed by atoms with E-state index in [1.165, 1.54) is 0 Å². The van der Waals surface area contributed by atoms with Gasteiger partial charge in [-0.05, 0) is 55.9 Å². The van der Waals surface area contributed by atoms with E-state index in [0.717, 1.165) is 59.3 Å². The molecule has 1 N–H and O–H groups in total. The molecule has 1 saturated carbocycles. The van der Waals surface area contributed by atoms with Gasteiger partial charge in [-0.25, -0.2) is 9.59 Å². The maximum atomic E-state index is 13.1. The van der Waals surface area contributed by atoms with Crippen LogP contribution in [0.2, 0.25) is 0 Å². The summed E-state index contributed by atoms with van der Waals surface area (Å²) in [7, 11) is 0. The first-order valence-electron chi connectivity index (χ1n) is 13.3. The molecule has 1 fully saturated rings. The van der Waals surface area contributed by atoms with Crippen molar-refractivity contribution >= 4 is 24.4 Å². The molecule has 0 saturated heterocycles. The summed E-state index contributed by atoms with van der Waals surface area (Å²) < 4.78 is 11.0. The Balaban J connectivity index is 1.44. The SMILES string of the molecule is CC(C)(C)OC(=O)[C@H](CC(=O)N(C=O)C1CCCCC1)NC(=O)OCC1c2ccccc2-c2ccccc21. The largest absolute Gasteiger partial charge is 0.458 e. The van der Waals surface area contributed by atoms with E-state index in [1.54, 1.807) is 20.8 Å². The third-order valence-electron chi connectivity index (χ3n) is 7.08. The Morgan fingerprint density at radius 1 is 0.974 bits per heavy atom. The van der Waals surface area contributed by atoms with Crippen molar-refractivity contribution in [1.29, 1.82) is 0 Å². The monoisotopic (exact) mass is 520 g/mol. The average molecular weight is 521 g/mol. The lowest BCUT2D eigenvalue weighted by atomic mass is 9.94. The van der Waals surface area contributed by atoms with E-state index >= 15 is 0 Å². The molecule has 4 rings (SSSR count). The molecule has 2 aromatic carbocycles. The number of alkyl carbamates (subject to hydrolysis) is 1. The zero-order valence-corrected chi connectivity index (χ0v) is 22.3. The lowest BCUT2D eigenvalue weighted by molar-refractivity contribution is -0.159. The molecule has 2 aliphatic carbocycles. The smallest absolute Gasteiger partial charge is 0.407 e. The predicted molar refractivity (Wildman–Crippen MR) is 142 cm³/mol. The molecular weight excluding hydrogens is 484 g/mol. The minimum absolute atomic E-state index is 0.0668. The molecule has 0 radical (unpaired) electrons. The number of ether oxygens (including phenoxy) is 2. The number of carbonyl (C=O) groups is 4. The fourth-order valence-electron chi connectivity index (χ4n) is 5.34. The Morgan fingerprint density at radius 2 is 1.55 bits per heavy atom. The Kier molecular flexibility index (Phi) is 8.49. The first kappa shape index (κ1) is 27.4. The molecule has 8 heteroatoms.